The number of aliphatic imine (C=N–C) groups is 1. The Morgan fingerprint density at radius 3 is 2.82 bits per heavy atom. The highest BCUT2D eigenvalue weighted by Crippen LogP contribution is 2.32. The van der Waals surface area contributed by atoms with Gasteiger partial charge in [-0.05, 0) is 34.1 Å². The second-order valence-electron chi connectivity index (χ2n) is 4.36. The average molecular weight is 385 g/mol. The van der Waals surface area contributed by atoms with E-state index in [1.54, 1.807) is 26.4 Å². The Labute approximate surface area is 142 Å². The SMILES string of the molecule is C=C(Br)/C=N\N(C)/C(Cl)=C\C(=N/C)c1ccc2c(c1)OCO2. The lowest BCUT2D eigenvalue weighted by Crippen LogP contribution is -2.09. The number of hydrazone groups is 1. The summed E-state index contributed by atoms with van der Waals surface area (Å²) in [5, 5.41) is 6.06. The molecule has 0 saturated carbocycles. The molecule has 2 rings (SSSR count). The van der Waals surface area contributed by atoms with Crippen LogP contribution in [0.3, 0.4) is 0 Å². The van der Waals surface area contributed by atoms with E-state index in [4.69, 9.17) is 21.1 Å². The zero-order chi connectivity index (χ0) is 16.1. The fourth-order valence-corrected chi connectivity index (χ4v) is 1.98. The van der Waals surface area contributed by atoms with Crippen LogP contribution in [0.15, 0.2) is 50.6 Å². The van der Waals surface area contributed by atoms with Crippen LogP contribution >= 0.6 is 27.5 Å². The van der Waals surface area contributed by atoms with Gasteiger partial charge in [0.1, 0.15) is 5.16 Å². The number of hydrogen-bond donors (Lipinski definition) is 0. The van der Waals surface area contributed by atoms with E-state index in [0.29, 0.717) is 21.1 Å². The van der Waals surface area contributed by atoms with Gasteiger partial charge in [-0.25, -0.2) is 0 Å². The normalized spacial score (nSPS) is 14.5. The second kappa shape index (κ2) is 7.47. The molecule has 0 spiro atoms. The number of halogens is 2. The van der Waals surface area contributed by atoms with Crippen LogP contribution in [0.1, 0.15) is 5.56 Å². The van der Waals surface area contributed by atoms with Crippen molar-refractivity contribution in [2.75, 3.05) is 20.9 Å². The van der Waals surface area contributed by atoms with E-state index in [1.165, 1.54) is 5.01 Å². The summed E-state index contributed by atoms with van der Waals surface area (Å²) in [7, 11) is 3.43. The average Bonchev–Trinajstić information content (AvgIpc) is 2.97. The van der Waals surface area contributed by atoms with Gasteiger partial charge >= 0.3 is 0 Å². The van der Waals surface area contributed by atoms with E-state index in [-0.39, 0.29) is 6.79 Å². The standard InChI is InChI=1S/C15H15BrClN3O2/c1-10(16)8-19-20(3)15(17)7-12(18-2)11-4-5-13-14(6-11)22-9-21-13/h4-8H,1,9H2,2-3H3/b15-7-,18-12+,19-8-. The molecule has 0 aromatic heterocycles. The van der Waals surface area contributed by atoms with Gasteiger partial charge in [0.15, 0.2) is 11.5 Å². The molecule has 1 aromatic rings. The molecular weight excluding hydrogens is 370 g/mol. The smallest absolute Gasteiger partial charge is 0.231 e. The van der Waals surface area contributed by atoms with Gasteiger partial charge in [0, 0.05) is 30.2 Å². The lowest BCUT2D eigenvalue weighted by Gasteiger charge is -2.11. The van der Waals surface area contributed by atoms with Crippen molar-refractivity contribution in [3.63, 3.8) is 0 Å². The third-order valence-corrected chi connectivity index (χ3v) is 3.40. The van der Waals surface area contributed by atoms with Crippen LogP contribution < -0.4 is 9.47 Å². The lowest BCUT2D eigenvalue weighted by atomic mass is 10.1. The Morgan fingerprint density at radius 1 is 1.41 bits per heavy atom. The van der Waals surface area contributed by atoms with E-state index < -0.39 is 0 Å². The van der Waals surface area contributed by atoms with Gasteiger partial charge in [-0.15, -0.1) is 0 Å². The Bertz CT molecular complexity index is 671. The molecule has 0 unspecified atom stereocenters. The fourth-order valence-electron chi connectivity index (χ4n) is 1.74. The first-order chi connectivity index (χ1) is 10.5. The highest BCUT2D eigenvalue weighted by molar-refractivity contribution is 9.12. The quantitative estimate of drug-likeness (QED) is 0.441. The molecule has 0 radical (unpaired) electrons. The van der Waals surface area contributed by atoms with Gasteiger partial charge < -0.3 is 9.47 Å². The molecule has 0 bridgehead atoms. The second-order valence-corrected chi connectivity index (χ2v) is 5.76. The van der Waals surface area contributed by atoms with E-state index in [2.05, 4.69) is 32.6 Å². The molecule has 7 heteroatoms. The fraction of sp³-hybridized carbons (Fsp3) is 0.200. The van der Waals surface area contributed by atoms with Crippen LogP contribution in [-0.4, -0.2) is 37.8 Å². The molecule has 0 saturated heterocycles. The monoisotopic (exact) mass is 383 g/mol. The van der Waals surface area contributed by atoms with Crippen molar-refractivity contribution < 1.29 is 9.47 Å². The van der Waals surface area contributed by atoms with E-state index >= 15 is 0 Å². The van der Waals surface area contributed by atoms with Crippen molar-refractivity contribution in [3.05, 3.63) is 46.1 Å². The van der Waals surface area contributed by atoms with Gasteiger partial charge in [0.25, 0.3) is 0 Å². The van der Waals surface area contributed by atoms with Crippen molar-refractivity contribution in [1.29, 1.82) is 0 Å². The zero-order valence-corrected chi connectivity index (χ0v) is 14.6. The number of fused-ring (bicyclic) bond motifs is 1. The molecule has 116 valence electrons. The van der Waals surface area contributed by atoms with Crippen LogP contribution in [0.4, 0.5) is 0 Å². The zero-order valence-electron chi connectivity index (χ0n) is 12.2. The van der Waals surface area contributed by atoms with Crippen LogP contribution in [0.25, 0.3) is 0 Å². The van der Waals surface area contributed by atoms with Crippen LogP contribution in [0.5, 0.6) is 11.5 Å². The molecule has 5 nitrogen and oxygen atoms in total. The largest absolute Gasteiger partial charge is 0.454 e. The minimum absolute atomic E-state index is 0.238. The van der Waals surface area contributed by atoms with E-state index in [1.807, 2.05) is 18.2 Å². The molecule has 0 fully saturated rings. The lowest BCUT2D eigenvalue weighted by molar-refractivity contribution is 0.174. The summed E-state index contributed by atoms with van der Waals surface area (Å²) in [6, 6.07) is 5.62. The summed E-state index contributed by atoms with van der Waals surface area (Å²) in [4.78, 5) is 4.26. The van der Waals surface area contributed by atoms with Crippen LogP contribution in [-0.2, 0) is 0 Å². The van der Waals surface area contributed by atoms with Crippen LogP contribution in [0.2, 0.25) is 0 Å². The summed E-state index contributed by atoms with van der Waals surface area (Å²) in [6.45, 7) is 3.91. The maximum absolute atomic E-state index is 6.25. The Hall–Kier alpha value is -1.79. The molecule has 1 aliphatic rings. The summed E-state index contributed by atoms with van der Waals surface area (Å²) in [6.07, 6.45) is 3.28. The molecular formula is C15H15BrClN3O2. The van der Waals surface area contributed by atoms with Crippen molar-refractivity contribution in [2.24, 2.45) is 10.1 Å². The third kappa shape index (κ3) is 4.11. The van der Waals surface area contributed by atoms with Crippen LogP contribution in [0, 0.1) is 0 Å². The van der Waals surface area contributed by atoms with E-state index in [9.17, 15) is 0 Å². The molecule has 1 aromatic carbocycles. The first-order valence-electron chi connectivity index (χ1n) is 6.37. The molecule has 0 N–H and O–H groups in total. The number of ether oxygens (including phenoxy) is 2. The molecule has 22 heavy (non-hydrogen) atoms. The molecule has 0 aliphatic carbocycles. The van der Waals surface area contributed by atoms with E-state index in [0.717, 1.165) is 11.3 Å². The van der Waals surface area contributed by atoms with Gasteiger partial charge in [-0.3, -0.25) is 10.0 Å². The highest BCUT2D eigenvalue weighted by atomic mass is 79.9. The summed E-state index contributed by atoms with van der Waals surface area (Å²) >= 11 is 9.45. The Kier molecular flexibility index (Phi) is 5.63. The maximum Gasteiger partial charge on any atom is 0.231 e. The summed E-state index contributed by atoms with van der Waals surface area (Å²) < 4.78 is 11.3. The Balaban J connectivity index is 2.21. The van der Waals surface area contributed by atoms with Gasteiger partial charge in [-0.2, -0.15) is 5.10 Å². The minimum atomic E-state index is 0.238. The van der Waals surface area contributed by atoms with Crippen molar-refractivity contribution in [1.82, 2.24) is 5.01 Å². The van der Waals surface area contributed by atoms with Crippen molar-refractivity contribution >= 4 is 39.5 Å². The van der Waals surface area contributed by atoms with Gasteiger partial charge in [-0.1, -0.05) is 18.2 Å². The van der Waals surface area contributed by atoms with Crippen molar-refractivity contribution in [2.45, 2.75) is 0 Å². The number of allylic oxidation sites excluding steroid dienone is 2. The first kappa shape index (κ1) is 16.6. The predicted molar refractivity (Wildman–Crippen MR) is 93.3 cm³/mol. The number of benzene rings is 1. The summed E-state index contributed by atoms with van der Waals surface area (Å²) in [5.74, 6) is 1.43. The highest BCUT2D eigenvalue weighted by Gasteiger charge is 2.15. The number of rotatable bonds is 5. The third-order valence-electron chi connectivity index (χ3n) is 2.85. The summed E-state index contributed by atoms with van der Waals surface area (Å²) in [5.41, 5.74) is 1.59. The Morgan fingerprint density at radius 2 is 2.14 bits per heavy atom. The number of nitrogens with zero attached hydrogens (tertiary/aromatic N) is 3. The van der Waals surface area contributed by atoms with Gasteiger partial charge in [0.05, 0.1) is 11.9 Å². The maximum atomic E-state index is 6.25. The molecule has 1 aliphatic heterocycles. The molecule has 1 heterocycles. The molecule has 0 atom stereocenters. The predicted octanol–water partition coefficient (Wildman–Crippen LogP) is 3.74. The van der Waals surface area contributed by atoms with Crippen molar-refractivity contribution in [3.8, 4) is 11.5 Å². The minimum Gasteiger partial charge on any atom is -0.454 e. The topological polar surface area (TPSA) is 46.4 Å². The molecule has 0 amide bonds. The van der Waals surface area contributed by atoms with Gasteiger partial charge in [0.2, 0.25) is 6.79 Å². The number of hydrogen-bond acceptors (Lipinski definition) is 5. The first-order valence-corrected chi connectivity index (χ1v) is 7.54.